The summed E-state index contributed by atoms with van der Waals surface area (Å²) in [5.41, 5.74) is 0.940. The molecule has 2 aromatic rings. The zero-order valence-corrected chi connectivity index (χ0v) is 13.2. The second kappa shape index (κ2) is 6.14. The molecule has 106 valence electrons. The number of anilines is 2. The Kier molecular flexibility index (Phi) is 4.50. The summed E-state index contributed by atoms with van der Waals surface area (Å²) in [6.07, 6.45) is 1.31. The van der Waals surface area contributed by atoms with E-state index in [-0.39, 0.29) is 17.3 Å². The van der Waals surface area contributed by atoms with E-state index in [0.717, 1.165) is 9.35 Å². The van der Waals surface area contributed by atoms with Crippen molar-refractivity contribution >= 4 is 44.6 Å². The van der Waals surface area contributed by atoms with Crippen molar-refractivity contribution in [3.63, 3.8) is 0 Å². The zero-order valence-electron chi connectivity index (χ0n) is 10.8. The minimum Gasteiger partial charge on any atom is -0.367 e. The van der Waals surface area contributed by atoms with Gasteiger partial charge in [-0.15, -0.1) is 11.3 Å². The van der Waals surface area contributed by atoms with Crippen LogP contribution in [0, 0.1) is 10.1 Å². The fraction of sp³-hybridized carbons (Fsp3) is 0.273. The van der Waals surface area contributed by atoms with Gasteiger partial charge in [0.05, 0.1) is 8.71 Å². The molecule has 0 aliphatic heterocycles. The summed E-state index contributed by atoms with van der Waals surface area (Å²) in [4.78, 5) is 20.4. The Hall–Kier alpha value is -1.74. The van der Waals surface area contributed by atoms with Crippen LogP contribution < -0.4 is 10.2 Å². The summed E-state index contributed by atoms with van der Waals surface area (Å²) in [5, 5.41) is 15.9. The van der Waals surface area contributed by atoms with Crippen molar-refractivity contribution in [1.82, 2.24) is 9.97 Å². The van der Waals surface area contributed by atoms with Gasteiger partial charge >= 0.3 is 5.69 Å². The van der Waals surface area contributed by atoms with Crippen molar-refractivity contribution in [2.45, 2.75) is 6.54 Å². The number of hydrogen-bond donors (Lipinski definition) is 1. The fourth-order valence-electron chi connectivity index (χ4n) is 1.78. The smallest absolute Gasteiger partial charge is 0.353 e. The Morgan fingerprint density at radius 3 is 2.85 bits per heavy atom. The molecule has 2 aromatic heterocycles. The van der Waals surface area contributed by atoms with E-state index in [1.165, 1.54) is 6.33 Å². The standard InChI is InChI=1S/C11H12BrN5O2S/c1-13-10-9(17(18)19)11(15-6-14-10)16(2)4-7-3-8(12)20-5-7/h3,5-6H,4H2,1-2H3,(H,13,14,15). The van der Waals surface area contributed by atoms with Gasteiger partial charge in [0.15, 0.2) is 0 Å². The highest BCUT2D eigenvalue weighted by Crippen LogP contribution is 2.32. The summed E-state index contributed by atoms with van der Waals surface area (Å²) in [6, 6.07) is 1.98. The molecule has 7 nitrogen and oxygen atoms in total. The molecule has 0 bridgehead atoms. The van der Waals surface area contributed by atoms with Crippen LogP contribution in [-0.4, -0.2) is 29.0 Å². The van der Waals surface area contributed by atoms with Crippen LogP contribution >= 0.6 is 27.3 Å². The zero-order chi connectivity index (χ0) is 14.7. The summed E-state index contributed by atoms with van der Waals surface area (Å²) < 4.78 is 1.02. The quantitative estimate of drug-likeness (QED) is 0.654. The SMILES string of the molecule is CNc1ncnc(N(C)Cc2csc(Br)c2)c1[N+](=O)[O-]. The number of nitro groups is 1. The Labute approximate surface area is 127 Å². The first-order valence-corrected chi connectivity index (χ1v) is 7.31. The number of hydrogen-bond acceptors (Lipinski definition) is 7. The molecule has 0 atom stereocenters. The van der Waals surface area contributed by atoms with Gasteiger partial charge < -0.3 is 10.2 Å². The van der Waals surface area contributed by atoms with Crippen molar-refractivity contribution in [3.05, 3.63) is 37.2 Å². The van der Waals surface area contributed by atoms with E-state index in [0.29, 0.717) is 6.54 Å². The number of nitrogens with one attached hydrogen (secondary N) is 1. The van der Waals surface area contributed by atoms with Crippen molar-refractivity contribution in [2.24, 2.45) is 0 Å². The maximum atomic E-state index is 11.2. The van der Waals surface area contributed by atoms with E-state index in [1.54, 1.807) is 30.3 Å². The summed E-state index contributed by atoms with van der Waals surface area (Å²) in [7, 11) is 3.36. The first kappa shape index (κ1) is 14.7. The number of rotatable bonds is 5. The molecule has 0 amide bonds. The molecule has 0 unspecified atom stereocenters. The summed E-state index contributed by atoms with van der Waals surface area (Å²) in [5.74, 6) is 0.495. The molecule has 0 aromatic carbocycles. The molecular formula is C11H12BrN5O2S. The molecule has 1 N–H and O–H groups in total. The molecule has 0 aliphatic carbocycles. The van der Waals surface area contributed by atoms with Crippen LogP contribution in [0.2, 0.25) is 0 Å². The molecule has 2 rings (SSSR count). The molecule has 0 saturated heterocycles. The average Bonchev–Trinajstić information content (AvgIpc) is 2.82. The van der Waals surface area contributed by atoms with Crippen LogP contribution in [-0.2, 0) is 6.54 Å². The van der Waals surface area contributed by atoms with Gasteiger partial charge in [-0.25, -0.2) is 9.97 Å². The van der Waals surface area contributed by atoms with Crippen LogP contribution in [0.5, 0.6) is 0 Å². The van der Waals surface area contributed by atoms with E-state index in [9.17, 15) is 10.1 Å². The summed E-state index contributed by atoms with van der Waals surface area (Å²) >= 11 is 4.97. The predicted octanol–water partition coefficient (Wildman–Crippen LogP) is 2.89. The average molecular weight is 358 g/mol. The lowest BCUT2D eigenvalue weighted by Gasteiger charge is -2.17. The molecule has 0 radical (unpaired) electrons. The minimum atomic E-state index is -0.471. The first-order valence-electron chi connectivity index (χ1n) is 5.64. The largest absolute Gasteiger partial charge is 0.367 e. The highest BCUT2D eigenvalue weighted by molar-refractivity contribution is 9.11. The third-order valence-electron chi connectivity index (χ3n) is 2.63. The second-order valence-electron chi connectivity index (χ2n) is 4.02. The lowest BCUT2D eigenvalue weighted by atomic mass is 10.3. The van der Waals surface area contributed by atoms with Gasteiger partial charge in [-0.2, -0.15) is 0 Å². The van der Waals surface area contributed by atoms with Gasteiger partial charge in [-0.1, -0.05) is 0 Å². The normalized spacial score (nSPS) is 10.3. The van der Waals surface area contributed by atoms with Gasteiger partial charge in [-0.05, 0) is 32.9 Å². The van der Waals surface area contributed by atoms with Gasteiger partial charge in [0.25, 0.3) is 0 Å². The van der Waals surface area contributed by atoms with Crippen LogP contribution in [0.25, 0.3) is 0 Å². The van der Waals surface area contributed by atoms with Crippen molar-refractivity contribution < 1.29 is 4.92 Å². The minimum absolute atomic E-state index is 0.119. The van der Waals surface area contributed by atoms with Crippen LogP contribution in [0.4, 0.5) is 17.3 Å². The number of aromatic nitrogens is 2. The monoisotopic (exact) mass is 357 g/mol. The molecule has 0 fully saturated rings. The van der Waals surface area contributed by atoms with Crippen molar-refractivity contribution in [3.8, 4) is 0 Å². The molecule has 0 spiro atoms. The van der Waals surface area contributed by atoms with E-state index in [2.05, 4.69) is 31.2 Å². The summed E-state index contributed by atoms with van der Waals surface area (Å²) in [6.45, 7) is 0.531. The predicted molar refractivity (Wildman–Crippen MR) is 82.4 cm³/mol. The van der Waals surface area contributed by atoms with Gasteiger partial charge in [-0.3, -0.25) is 10.1 Å². The fourth-order valence-corrected chi connectivity index (χ4v) is 2.98. The van der Waals surface area contributed by atoms with E-state index in [4.69, 9.17) is 0 Å². The highest BCUT2D eigenvalue weighted by Gasteiger charge is 2.24. The van der Waals surface area contributed by atoms with Crippen LogP contribution in [0.15, 0.2) is 21.6 Å². The number of halogens is 1. The molecule has 20 heavy (non-hydrogen) atoms. The third kappa shape index (κ3) is 3.05. The van der Waals surface area contributed by atoms with E-state index in [1.807, 2.05) is 11.4 Å². The Bertz CT molecular complexity index is 633. The van der Waals surface area contributed by atoms with Crippen LogP contribution in [0.3, 0.4) is 0 Å². The van der Waals surface area contributed by atoms with Crippen molar-refractivity contribution in [1.29, 1.82) is 0 Å². The van der Waals surface area contributed by atoms with E-state index >= 15 is 0 Å². The second-order valence-corrected chi connectivity index (χ2v) is 6.31. The first-order chi connectivity index (χ1) is 9.52. The Morgan fingerprint density at radius 2 is 2.30 bits per heavy atom. The van der Waals surface area contributed by atoms with E-state index < -0.39 is 4.92 Å². The Morgan fingerprint density at radius 1 is 1.55 bits per heavy atom. The lowest BCUT2D eigenvalue weighted by molar-refractivity contribution is -0.383. The van der Waals surface area contributed by atoms with Crippen LogP contribution in [0.1, 0.15) is 5.56 Å². The third-order valence-corrected chi connectivity index (χ3v) is 4.18. The van der Waals surface area contributed by atoms with Gasteiger partial charge in [0.1, 0.15) is 6.33 Å². The van der Waals surface area contributed by atoms with Gasteiger partial charge in [0, 0.05) is 20.6 Å². The van der Waals surface area contributed by atoms with Crippen molar-refractivity contribution in [2.75, 3.05) is 24.3 Å². The van der Waals surface area contributed by atoms with Gasteiger partial charge in [0.2, 0.25) is 11.6 Å². The number of nitrogens with zero attached hydrogens (tertiary/aromatic N) is 4. The maximum absolute atomic E-state index is 11.2. The molecule has 0 aliphatic rings. The Balaban J connectivity index is 2.34. The number of thiophene rings is 1. The maximum Gasteiger partial charge on any atom is 0.353 e. The molecule has 0 saturated carbocycles. The highest BCUT2D eigenvalue weighted by atomic mass is 79.9. The molecular weight excluding hydrogens is 346 g/mol. The topological polar surface area (TPSA) is 84.2 Å². The molecule has 9 heteroatoms. The lowest BCUT2D eigenvalue weighted by Crippen LogP contribution is -2.19. The molecule has 2 heterocycles.